The normalized spacial score (nSPS) is 12.9. The molecule has 84 valence electrons. The third-order valence-corrected chi connectivity index (χ3v) is 3.35. The van der Waals surface area contributed by atoms with Crippen LogP contribution in [0.1, 0.15) is 0 Å². The average molecular weight is 279 g/mol. The predicted molar refractivity (Wildman–Crippen MR) is 49.7 cm³/mol. The van der Waals surface area contributed by atoms with E-state index in [9.17, 15) is 21.6 Å². The predicted octanol–water partition coefficient (Wildman–Crippen LogP) is 3.29. The Balaban J connectivity index is 3.41. The van der Waals surface area contributed by atoms with Crippen molar-refractivity contribution in [2.45, 2.75) is 10.4 Å². The van der Waals surface area contributed by atoms with Crippen molar-refractivity contribution in [2.24, 2.45) is 0 Å². The largest absolute Gasteiger partial charge is 0.501 e. The molecular formula is C7H3Cl2F3O2S. The summed E-state index contributed by atoms with van der Waals surface area (Å²) < 4.78 is 58.2. The molecule has 8 heteroatoms. The highest BCUT2D eigenvalue weighted by molar-refractivity contribution is 7.92. The topological polar surface area (TPSA) is 34.1 Å². The molecule has 0 aliphatic heterocycles. The van der Waals surface area contributed by atoms with E-state index in [1.54, 1.807) is 0 Å². The van der Waals surface area contributed by atoms with Gasteiger partial charge in [0.25, 0.3) is 9.84 Å². The van der Waals surface area contributed by atoms with Crippen molar-refractivity contribution in [3.05, 3.63) is 28.2 Å². The zero-order chi connectivity index (χ0) is 11.9. The molecule has 2 nitrogen and oxygen atoms in total. The first-order chi connectivity index (χ1) is 6.64. The molecule has 1 rings (SSSR count). The fourth-order valence-corrected chi connectivity index (χ4v) is 2.30. The van der Waals surface area contributed by atoms with Gasteiger partial charge in [-0.1, -0.05) is 23.2 Å². The van der Waals surface area contributed by atoms with E-state index in [2.05, 4.69) is 0 Å². The second kappa shape index (κ2) is 3.84. The quantitative estimate of drug-likeness (QED) is 0.790. The Morgan fingerprint density at radius 1 is 1.00 bits per heavy atom. The summed E-state index contributed by atoms with van der Waals surface area (Å²) in [7, 11) is -5.39. The van der Waals surface area contributed by atoms with Gasteiger partial charge in [-0.3, -0.25) is 0 Å². The van der Waals surface area contributed by atoms with Gasteiger partial charge in [-0.05, 0) is 18.2 Å². The summed E-state index contributed by atoms with van der Waals surface area (Å²) in [6.45, 7) is 0. The molecule has 0 aromatic heterocycles. The molecule has 1 aromatic rings. The van der Waals surface area contributed by atoms with Crippen LogP contribution in [0.15, 0.2) is 23.1 Å². The molecule has 1 aromatic carbocycles. The molecule has 0 spiro atoms. The molecule has 0 N–H and O–H groups in total. The molecule has 0 amide bonds. The minimum Gasteiger partial charge on any atom is -0.214 e. The maximum Gasteiger partial charge on any atom is 0.501 e. The summed E-state index contributed by atoms with van der Waals surface area (Å²) in [4.78, 5) is -0.965. The van der Waals surface area contributed by atoms with Gasteiger partial charge in [0.2, 0.25) is 0 Å². The molecule has 0 saturated carbocycles. The van der Waals surface area contributed by atoms with E-state index >= 15 is 0 Å². The van der Waals surface area contributed by atoms with E-state index in [0.29, 0.717) is 12.1 Å². The highest BCUT2D eigenvalue weighted by atomic mass is 35.5. The number of benzene rings is 1. The Morgan fingerprint density at radius 2 is 1.40 bits per heavy atom. The summed E-state index contributed by atoms with van der Waals surface area (Å²) >= 11 is 10.8. The lowest BCUT2D eigenvalue weighted by molar-refractivity contribution is -0.0435. The van der Waals surface area contributed by atoms with Gasteiger partial charge in [0.15, 0.2) is 0 Å². The maximum atomic E-state index is 12.1. The number of hydrogen-bond donors (Lipinski definition) is 0. The van der Waals surface area contributed by atoms with Crippen molar-refractivity contribution in [1.82, 2.24) is 0 Å². The van der Waals surface area contributed by atoms with Gasteiger partial charge >= 0.3 is 5.51 Å². The molecule has 0 bridgehead atoms. The minimum absolute atomic E-state index is 0.176. The average Bonchev–Trinajstić information content (AvgIpc) is 1.99. The second-order valence-electron chi connectivity index (χ2n) is 2.55. The summed E-state index contributed by atoms with van der Waals surface area (Å²) in [5.41, 5.74) is -5.36. The number of sulfone groups is 1. The summed E-state index contributed by atoms with van der Waals surface area (Å²) in [5.74, 6) is 0. The number of alkyl halides is 3. The van der Waals surface area contributed by atoms with Crippen LogP contribution in [0.2, 0.25) is 10.0 Å². The first-order valence-electron chi connectivity index (χ1n) is 3.42. The van der Waals surface area contributed by atoms with Crippen molar-refractivity contribution >= 4 is 33.0 Å². The van der Waals surface area contributed by atoms with Crippen molar-refractivity contribution in [3.8, 4) is 0 Å². The SMILES string of the molecule is O=S(=O)(c1cc(Cl)cc(Cl)c1)C(F)(F)F. The zero-order valence-corrected chi connectivity index (χ0v) is 9.17. The summed E-state index contributed by atoms with van der Waals surface area (Å²) in [6, 6.07) is 2.52. The first-order valence-corrected chi connectivity index (χ1v) is 5.66. The molecular weight excluding hydrogens is 276 g/mol. The van der Waals surface area contributed by atoms with Gasteiger partial charge in [0.05, 0.1) is 4.90 Å². The van der Waals surface area contributed by atoms with Crippen LogP contribution in [-0.2, 0) is 9.84 Å². The van der Waals surface area contributed by atoms with Crippen molar-refractivity contribution in [2.75, 3.05) is 0 Å². The Labute approximate surface area is 93.5 Å². The van der Waals surface area contributed by atoms with Crippen LogP contribution in [0.5, 0.6) is 0 Å². The molecule has 0 heterocycles. The molecule has 0 radical (unpaired) electrons. The van der Waals surface area contributed by atoms with Crippen LogP contribution < -0.4 is 0 Å². The van der Waals surface area contributed by atoms with Crippen LogP contribution >= 0.6 is 23.2 Å². The molecule has 0 unspecified atom stereocenters. The van der Waals surface area contributed by atoms with Gasteiger partial charge < -0.3 is 0 Å². The highest BCUT2D eigenvalue weighted by Crippen LogP contribution is 2.32. The van der Waals surface area contributed by atoms with Crippen molar-refractivity contribution in [3.63, 3.8) is 0 Å². The van der Waals surface area contributed by atoms with Gasteiger partial charge in [-0.25, -0.2) is 8.42 Å². The Morgan fingerprint density at radius 3 is 1.73 bits per heavy atom. The van der Waals surface area contributed by atoms with Gasteiger partial charge in [0, 0.05) is 10.0 Å². The van der Waals surface area contributed by atoms with Crippen LogP contribution in [0, 0.1) is 0 Å². The molecule has 0 saturated heterocycles. The van der Waals surface area contributed by atoms with E-state index in [1.807, 2.05) is 0 Å². The maximum absolute atomic E-state index is 12.1. The lowest BCUT2D eigenvalue weighted by atomic mass is 10.4. The Bertz CT molecular complexity index is 461. The van der Waals surface area contributed by atoms with Crippen LogP contribution in [0.4, 0.5) is 13.2 Å². The third-order valence-electron chi connectivity index (χ3n) is 1.45. The second-order valence-corrected chi connectivity index (χ2v) is 5.37. The molecule has 0 atom stereocenters. The van der Waals surface area contributed by atoms with E-state index in [-0.39, 0.29) is 10.0 Å². The van der Waals surface area contributed by atoms with E-state index in [4.69, 9.17) is 23.2 Å². The molecule has 0 fully saturated rings. The van der Waals surface area contributed by atoms with Crippen molar-refractivity contribution in [1.29, 1.82) is 0 Å². The Kier molecular flexibility index (Phi) is 3.23. The zero-order valence-electron chi connectivity index (χ0n) is 6.85. The smallest absolute Gasteiger partial charge is 0.214 e. The molecule has 0 aliphatic carbocycles. The van der Waals surface area contributed by atoms with Gasteiger partial charge in [-0.15, -0.1) is 0 Å². The first kappa shape index (κ1) is 12.6. The van der Waals surface area contributed by atoms with Gasteiger partial charge in [-0.2, -0.15) is 13.2 Å². The fourth-order valence-electron chi connectivity index (χ4n) is 0.817. The molecule has 0 aliphatic rings. The number of rotatable bonds is 1. The summed E-state index contributed by atoms with van der Waals surface area (Å²) in [5, 5.41) is -0.351. The number of hydrogen-bond acceptors (Lipinski definition) is 2. The third kappa shape index (κ3) is 2.56. The van der Waals surface area contributed by atoms with Crippen LogP contribution in [0.3, 0.4) is 0 Å². The standard InChI is InChI=1S/C7H3Cl2F3O2S/c8-4-1-5(9)3-6(2-4)15(13,14)7(10,11)12/h1-3H. The van der Waals surface area contributed by atoms with E-state index < -0.39 is 20.2 Å². The molecule has 15 heavy (non-hydrogen) atoms. The van der Waals surface area contributed by atoms with E-state index in [1.165, 1.54) is 0 Å². The van der Waals surface area contributed by atoms with Crippen LogP contribution in [0.25, 0.3) is 0 Å². The van der Waals surface area contributed by atoms with Crippen molar-refractivity contribution < 1.29 is 21.6 Å². The fraction of sp³-hybridized carbons (Fsp3) is 0.143. The van der Waals surface area contributed by atoms with E-state index in [0.717, 1.165) is 6.07 Å². The minimum atomic E-state index is -5.39. The Hall–Kier alpha value is -0.460. The highest BCUT2D eigenvalue weighted by Gasteiger charge is 2.47. The lowest BCUT2D eigenvalue weighted by Gasteiger charge is -2.08. The monoisotopic (exact) mass is 278 g/mol. The summed E-state index contributed by atoms with van der Waals surface area (Å²) in [6.07, 6.45) is 0. The van der Waals surface area contributed by atoms with Gasteiger partial charge in [0.1, 0.15) is 0 Å². The number of halogens is 5. The van der Waals surface area contributed by atoms with Crippen LogP contribution in [-0.4, -0.2) is 13.9 Å². The lowest BCUT2D eigenvalue weighted by Crippen LogP contribution is -2.23.